The Bertz CT molecular complexity index is 901. The van der Waals surface area contributed by atoms with E-state index in [4.69, 9.17) is 9.26 Å². The third-order valence-electron chi connectivity index (χ3n) is 4.89. The zero-order chi connectivity index (χ0) is 19.3. The fraction of sp³-hybridized carbons (Fsp3) is 0.381. The quantitative estimate of drug-likeness (QED) is 0.579. The Labute approximate surface area is 167 Å². The van der Waals surface area contributed by atoms with Crippen molar-refractivity contribution in [3.05, 3.63) is 53.2 Å². The molecular formula is C21H23N3O3S. The van der Waals surface area contributed by atoms with Gasteiger partial charge < -0.3 is 14.6 Å². The highest BCUT2D eigenvalue weighted by atomic mass is 32.1. The first kappa shape index (κ1) is 18.7. The van der Waals surface area contributed by atoms with Crippen LogP contribution in [0.2, 0.25) is 0 Å². The highest BCUT2D eigenvalue weighted by Gasteiger charge is 2.33. The molecule has 3 aromatic rings. The summed E-state index contributed by atoms with van der Waals surface area (Å²) in [6, 6.07) is 11.9. The van der Waals surface area contributed by atoms with Crippen LogP contribution in [0.5, 0.6) is 5.75 Å². The molecule has 4 rings (SSSR count). The van der Waals surface area contributed by atoms with Crippen molar-refractivity contribution in [3.8, 4) is 16.5 Å². The largest absolute Gasteiger partial charge is 0.497 e. The average Bonchev–Trinajstić information content (AvgIpc) is 3.20. The third-order valence-corrected chi connectivity index (χ3v) is 5.75. The standard InChI is InChI=1S/C21H23N3O3S/c1-26-16-11-9-15(10-12-16)20(14-7-8-14)22-18(25)5-2-6-19-23-21(24-27-19)17-4-3-13-28-17/h3-4,9-14,20H,2,5-8H2,1H3,(H,22,25). The highest BCUT2D eigenvalue weighted by molar-refractivity contribution is 7.13. The number of methoxy groups -OCH3 is 1. The van der Waals surface area contributed by atoms with Gasteiger partial charge in [-0.1, -0.05) is 23.4 Å². The summed E-state index contributed by atoms with van der Waals surface area (Å²) in [5.41, 5.74) is 1.13. The monoisotopic (exact) mass is 397 g/mol. The smallest absolute Gasteiger partial charge is 0.226 e. The van der Waals surface area contributed by atoms with Crippen molar-refractivity contribution in [2.45, 2.75) is 38.1 Å². The summed E-state index contributed by atoms with van der Waals surface area (Å²) in [7, 11) is 1.65. The number of hydrogen-bond donors (Lipinski definition) is 1. The number of amides is 1. The molecule has 6 nitrogen and oxygen atoms in total. The van der Waals surface area contributed by atoms with Crippen LogP contribution < -0.4 is 10.1 Å². The second-order valence-electron chi connectivity index (χ2n) is 7.00. The first-order valence-electron chi connectivity index (χ1n) is 9.52. The van der Waals surface area contributed by atoms with Gasteiger partial charge in [-0.2, -0.15) is 4.98 Å². The molecule has 28 heavy (non-hydrogen) atoms. The molecule has 1 aliphatic carbocycles. The summed E-state index contributed by atoms with van der Waals surface area (Å²) in [6.45, 7) is 0. The van der Waals surface area contributed by atoms with E-state index in [9.17, 15) is 4.79 Å². The van der Waals surface area contributed by atoms with Gasteiger partial charge >= 0.3 is 0 Å². The van der Waals surface area contributed by atoms with E-state index in [0.717, 1.165) is 29.0 Å². The minimum Gasteiger partial charge on any atom is -0.497 e. The summed E-state index contributed by atoms with van der Waals surface area (Å²) in [5, 5.41) is 9.19. The summed E-state index contributed by atoms with van der Waals surface area (Å²) in [5.74, 6) is 2.60. The summed E-state index contributed by atoms with van der Waals surface area (Å²) < 4.78 is 10.5. The van der Waals surface area contributed by atoms with E-state index in [2.05, 4.69) is 15.5 Å². The molecule has 0 radical (unpaired) electrons. The fourth-order valence-corrected chi connectivity index (χ4v) is 3.87. The molecule has 1 aromatic carbocycles. The molecule has 0 spiro atoms. The molecule has 1 unspecified atom stereocenters. The molecule has 0 aliphatic heterocycles. The van der Waals surface area contributed by atoms with Gasteiger partial charge in [0.05, 0.1) is 18.0 Å². The van der Waals surface area contributed by atoms with E-state index in [1.165, 1.54) is 0 Å². The number of aromatic nitrogens is 2. The zero-order valence-corrected chi connectivity index (χ0v) is 16.6. The van der Waals surface area contributed by atoms with Crippen LogP contribution in [0.4, 0.5) is 0 Å². The zero-order valence-electron chi connectivity index (χ0n) is 15.8. The number of nitrogens with zero attached hydrogens (tertiary/aromatic N) is 2. The molecule has 146 valence electrons. The topological polar surface area (TPSA) is 77.2 Å². The SMILES string of the molecule is COc1ccc(C(NC(=O)CCCc2nc(-c3cccs3)no2)C2CC2)cc1. The van der Waals surface area contributed by atoms with Crippen LogP contribution in [0.15, 0.2) is 46.3 Å². The molecule has 1 amide bonds. The molecular weight excluding hydrogens is 374 g/mol. The number of thiophene rings is 1. The lowest BCUT2D eigenvalue weighted by molar-refractivity contribution is -0.122. The summed E-state index contributed by atoms with van der Waals surface area (Å²) in [4.78, 5) is 17.9. The molecule has 1 N–H and O–H groups in total. The summed E-state index contributed by atoms with van der Waals surface area (Å²) in [6.07, 6.45) is 4.03. The Kier molecular flexibility index (Phi) is 5.71. The molecule has 0 bridgehead atoms. The van der Waals surface area contributed by atoms with Gasteiger partial charge in [-0.25, -0.2) is 0 Å². The number of nitrogens with one attached hydrogen (secondary N) is 1. The van der Waals surface area contributed by atoms with E-state index in [1.54, 1.807) is 18.4 Å². The van der Waals surface area contributed by atoms with Gasteiger partial charge in [-0.3, -0.25) is 4.79 Å². The van der Waals surface area contributed by atoms with Gasteiger partial charge in [0, 0.05) is 12.8 Å². The van der Waals surface area contributed by atoms with Crippen molar-refractivity contribution in [2.24, 2.45) is 5.92 Å². The van der Waals surface area contributed by atoms with Crippen molar-refractivity contribution in [2.75, 3.05) is 7.11 Å². The van der Waals surface area contributed by atoms with E-state index >= 15 is 0 Å². The number of aryl methyl sites for hydroxylation is 1. The highest BCUT2D eigenvalue weighted by Crippen LogP contribution is 2.41. The van der Waals surface area contributed by atoms with Crippen LogP contribution in [0.25, 0.3) is 10.7 Å². The average molecular weight is 398 g/mol. The fourth-order valence-electron chi connectivity index (χ4n) is 3.22. The van der Waals surface area contributed by atoms with Crippen molar-refractivity contribution in [1.29, 1.82) is 0 Å². The number of benzene rings is 1. The number of carbonyl (C=O) groups excluding carboxylic acids is 1. The van der Waals surface area contributed by atoms with Crippen molar-refractivity contribution in [3.63, 3.8) is 0 Å². The normalized spacial score (nSPS) is 14.6. The maximum atomic E-state index is 12.5. The Morgan fingerprint density at radius 2 is 2.14 bits per heavy atom. The number of hydrogen-bond acceptors (Lipinski definition) is 6. The maximum absolute atomic E-state index is 12.5. The third kappa shape index (κ3) is 4.59. The van der Waals surface area contributed by atoms with E-state index < -0.39 is 0 Å². The number of ether oxygens (including phenoxy) is 1. The predicted octanol–water partition coefficient (Wildman–Crippen LogP) is 4.40. The van der Waals surface area contributed by atoms with Gasteiger partial charge in [-0.15, -0.1) is 11.3 Å². The second-order valence-corrected chi connectivity index (χ2v) is 7.95. The second kappa shape index (κ2) is 8.56. The molecule has 2 heterocycles. The van der Waals surface area contributed by atoms with Crippen molar-refractivity contribution < 1.29 is 14.1 Å². The van der Waals surface area contributed by atoms with Gasteiger partial charge in [0.15, 0.2) is 0 Å². The minimum absolute atomic E-state index is 0.0608. The Balaban J connectivity index is 1.28. The molecule has 2 aromatic heterocycles. The van der Waals surface area contributed by atoms with Crippen LogP contribution in [0.1, 0.15) is 43.2 Å². The first-order valence-corrected chi connectivity index (χ1v) is 10.4. The number of carbonyl (C=O) groups is 1. The molecule has 1 aliphatic rings. The van der Waals surface area contributed by atoms with Gasteiger partial charge in [0.1, 0.15) is 5.75 Å². The lowest BCUT2D eigenvalue weighted by atomic mass is 10.0. The van der Waals surface area contributed by atoms with Gasteiger partial charge in [0.25, 0.3) is 0 Å². The minimum atomic E-state index is 0.0608. The van der Waals surface area contributed by atoms with Crippen molar-refractivity contribution >= 4 is 17.2 Å². The number of rotatable bonds is 9. The predicted molar refractivity (Wildman–Crippen MR) is 107 cm³/mol. The lowest BCUT2D eigenvalue weighted by Gasteiger charge is -2.19. The van der Waals surface area contributed by atoms with Crippen LogP contribution in [-0.4, -0.2) is 23.2 Å². The Morgan fingerprint density at radius 1 is 1.32 bits per heavy atom. The molecule has 1 fully saturated rings. The maximum Gasteiger partial charge on any atom is 0.226 e. The van der Waals surface area contributed by atoms with E-state index in [0.29, 0.717) is 36.9 Å². The Morgan fingerprint density at radius 3 is 2.82 bits per heavy atom. The van der Waals surface area contributed by atoms with Crippen LogP contribution in [0, 0.1) is 5.92 Å². The van der Waals surface area contributed by atoms with Gasteiger partial charge in [-0.05, 0) is 54.3 Å². The molecule has 7 heteroatoms. The first-order chi connectivity index (χ1) is 13.7. The van der Waals surface area contributed by atoms with Crippen LogP contribution in [-0.2, 0) is 11.2 Å². The Hall–Kier alpha value is -2.67. The lowest BCUT2D eigenvalue weighted by Crippen LogP contribution is -2.29. The molecule has 1 saturated carbocycles. The summed E-state index contributed by atoms with van der Waals surface area (Å²) >= 11 is 1.58. The van der Waals surface area contributed by atoms with Crippen LogP contribution in [0.3, 0.4) is 0 Å². The van der Waals surface area contributed by atoms with Gasteiger partial charge in [0.2, 0.25) is 17.6 Å². The molecule has 1 atom stereocenters. The van der Waals surface area contributed by atoms with E-state index in [-0.39, 0.29) is 11.9 Å². The van der Waals surface area contributed by atoms with E-state index in [1.807, 2.05) is 41.8 Å². The van der Waals surface area contributed by atoms with Crippen molar-refractivity contribution in [1.82, 2.24) is 15.5 Å². The van der Waals surface area contributed by atoms with Crippen LogP contribution >= 0.6 is 11.3 Å². The molecule has 0 saturated heterocycles.